The van der Waals surface area contributed by atoms with Crippen LogP contribution in [0.15, 0.2) is 42.5 Å². The molecule has 2 aromatic rings. The molecule has 0 fully saturated rings. The fourth-order valence-electron chi connectivity index (χ4n) is 1.85. The number of hydrogen-bond acceptors (Lipinski definition) is 2. The van der Waals surface area contributed by atoms with Crippen LogP contribution in [0.25, 0.3) is 0 Å². The Hall–Kier alpha value is -1.07. The molecule has 2 nitrogen and oxygen atoms in total. The van der Waals surface area contributed by atoms with Crippen LogP contribution < -0.4 is 4.74 Å². The van der Waals surface area contributed by atoms with Crippen LogP contribution >= 0.6 is 22.6 Å². The fourth-order valence-corrected chi connectivity index (χ4v) is 2.21. The standard InChI is InChI=1S/C16H17IO2/c1-11-3-8-15(12(2)18)16(9-11)19-10-13-4-6-14(17)7-5-13/h3-9,12,18H,10H2,1-2H3. The highest BCUT2D eigenvalue weighted by atomic mass is 127. The lowest BCUT2D eigenvalue weighted by Crippen LogP contribution is -2.01. The second-order valence-corrected chi connectivity index (χ2v) is 5.88. The molecule has 3 heteroatoms. The van der Waals surface area contributed by atoms with Crippen molar-refractivity contribution >= 4 is 22.6 Å². The van der Waals surface area contributed by atoms with Crippen molar-refractivity contribution in [1.82, 2.24) is 0 Å². The van der Waals surface area contributed by atoms with Crippen LogP contribution in [-0.4, -0.2) is 5.11 Å². The van der Waals surface area contributed by atoms with Gasteiger partial charge in [0.2, 0.25) is 0 Å². The summed E-state index contributed by atoms with van der Waals surface area (Å²) in [6, 6.07) is 14.1. The Bertz CT molecular complexity index is 547. The molecule has 0 spiro atoms. The van der Waals surface area contributed by atoms with Crippen LogP contribution in [0.3, 0.4) is 0 Å². The molecule has 1 unspecified atom stereocenters. The number of aliphatic hydroxyl groups excluding tert-OH is 1. The summed E-state index contributed by atoms with van der Waals surface area (Å²) in [5.74, 6) is 0.758. The molecule has 0 bridgehead atoms. The molecule has 19 heavy (non-hydrogen) atoms. The maximum atomic E-state index is 9.75. The van der Waals surface area contributed by atoms with Gasteiger partial charge in [-0.05, 0) is 65.8 Å². The fraction of sp³-hybridized carbons (Fsp3) is 0.250. The number of benzene rings is 2. The Balaban J connectivity index is 2.14. The summed E-state index contributed by atoms with van der Waals surface area (Å²) in [6.07, 6.45) is -0.521. The summed E-state index contributed by atoms with van der Waals surface area (Å²) < 4.78 is 7.05. The van der Waals surface area contributed by atoms with Crippen LogP contribution in [0.1, 0.15) is 29.7 Å². The number of rotatable bonds is 4. The van der Waals surface area contributed by atoms with Gasteiger partial charge in [0.05, 0.1) is 6.10 Å². The number of hydrogen-bond donors (Lipinski definition) is 1. The lowest BCUT2D eigenvalue weighted by Gasteiger charge is -2.14. The van der Waals surface area contributed by atoms with Gasteiger partial charge < -0.3 is 9.84 Å². The summed E-state index contributed by atoms with van der Waals surface area (Å²) in [7, 11) is 0. The van der Waals surface area contributed by atoms with Gasteiger partial charge in [0, 0.05) is 9.13 Å². The highest BCUT2D eigenvalue weighted by Crippen LogP contribution is 2.27. The van der Waals surface area contributed by atoms with Crippen LogP contribution in [0.4, 0.5) is 0 Å². The quantitative estimate of drug-likeness (QED) is 0.819. The molecule has 0 saturated carbocycles. The molecule has 0 aromatic heterocycles. The average molecular weight is 368 g/mol. The first-order chi connectivity index (χ1) is 9.06. The predicted molar refractivity (Wildman–Crippen MR) is 85.3 cm³/mol. The van der Waals surface area contributed by atoms with Crippen LogP contribution in [0.2, 0.25) is 0 Å². The minimum atomic E-state index is -0.521. The van der Waals surface area contributed by atoms with Crippen molar-refractivity contribution in [3.05, 3.63) is 62.7 Å². The highest BCUT2D eigenvalue weighted by Gasteiger charge is 2.09. The third-order valence-corrected chi connectivity index (χ3v) is 3.65. The van der Waals surface area contributed by atoms with Gasteiger partial charge in [-0.25, -0.2) is 0 Å². The largest absolute Gasteiger partial charge is 0.489 e. The van der Waals surface area contributed by atoms with E-state index < -0.39 is 6.10 Å². The molecule has 0 radical (unpaired) electrons. The van der Waals surface area contributed by atoms with Gasteiger partial charge in [0.25, 0.3) is 0 Å². The molecule has 0 heterocycles. The number of ether oxygens (including phenoxy) is 1. The van der Waals surface area contributed by atoms with Crippen LogP contribution in [-0.2, 0) is 6.61 Å². The zero-order valence-electron chi connectivity index (χ0n) is 11.1. The smallest absolute Gasteiger partial charge is 0.125 e. The number of halogens is 1. The van der Waals surface area contributed by atoms with Crippen LogP contribution in [0.5, 0.6) is 5.75 Å². The third kappa shape index (κ3) is 3.94. The van der Waals surface area contributed by atoms with Gasteiger partial charge in [0.1, 0.15) is 12.4 Å². The zero-order chi connectivity index (χ0) is 13.8. The van der Waals surface area contributed by atoms with Crippen LogP contribution in [0, 0.1) is 10.5 Å². The summed E-state index contributed by atoms with van der Waals surface area (Å²) in [4.78, 5) is 0. The SMILES string of the molecule is Cc1ccc(C(C)O)c(OCc2ccc(I)cc2)c1. The van der Waals surface area contributed by atoms with Crippen molar-refractivity contribution in [2.24, 2.45) is 0 Å². The first-order valence-corrected chi connectivity index (χ1v) is 7.30. The summed E-state index contributed by atoms with van der Waals surface area (Å²) in [5.41, 5.74) is 3.08. The van der Waals surface area contributed by atoms with Crippen molar-refractivity contribution in [2.45, 2.75) is 26.6 Å². The van der Waals surface area contributed by atoms with E-state index in [9.17, 15) is 5.11 Å². The Morgan fingerprint density at radius 2 is 1.84 bits per heavy atom. The maximum Gasteiger partial charge on any atom is 0.125 e. The van der Waals surface area contributed by atoms with Gasteiger partial charge in [-0.1, -0.05) is 24.3 Å². The van der Waals surface area contributed by atoms with Gasteiger partial charge in [-0.3, -0.25) is 0 Å². The van der Waals surface area contributed by atoms with E-state index in [1.54, 1.807) is 6.92 Å². The molecule has 2 aromatic carbocycles. The molecule has 0 aliphatic heterocycles. The Kier molecular flexibility index (Phi) is 4.82. The first-order valence-electron chi connectivity index (χ1n) is 6.22. The van der Waals surface area contributed by atoms with E-state index in [1.807, 2.05) is 25.1 Å². The molecule has 1 atom stereocenters. The molecular weight excluding hydrogens is 351 g/mol. The van der Waals surface area contributed by atoms with E-state index >= 15 is 0 Å². The number of aliphatic hydroxyl groups is 1. The minimum Gasteiger partial charge on any atom is -0.489 e. The molecule has 0 aliphatic rings. The van der Waals surface area contributed by atoms with Gasteiger partial charge >= 0.3 is 0 Å². The monoisotopic (exact) mass is 368 g/mol. The first kappa shape index (κ1) is 14.3. The predicted octanol–water partition coefficient (Wildman–Crippen LogP) is 4.23. The molecule has 2 rings (SSSR count). The van der Waals surface area contributed by atoms with Crippen molar-refractivity contribution in [3.63, 3.8) is 0 Å². The Morgan fingerprint density at radius 1 is 1.16 bits per heavy atom. The Morgan fingerprint density at radius 3 is 2.47 bits per heavy atom. The highest BCUT2D eigenvalue weighted by molar-refractivity contribution is 14.1. The van der Waals surface area contributed by atoms with Gasteiger partial charge in [0.15, 0.2) is 0 Å². The molecule has 0 aliphatic carbocycles. The second kappa shape index (κ2) is 6.39. The van der Waals surface area contributed by atoms with E-state index in [4.69, 9.17) is 4.74 Å². The summed E-state index contributed by atoms with van der Waals surface area (Å²) >= 11 is 2.28. The normalized spacial score (nSPS) is 12.2. The minimum absolute atomic E-state index is 0.514. The Labute approximate surface area is 127 Å². The van der Waals surface area contributed by atoms with Crippen molar-refractivity contribution in [2.75, 3.05) is 0 Å². The molecule has 100 valence electrons. The molecule has 0 amide bonds. The van der Waals surface area contributed by atoms with E-state index in [0.717, 1.165) is 22.4 Å². The summed E-state index contributed by atoms with van der Waals surface area (Å²) in [6.45, 7) is 4.28. The average Bonchev–Trinajstić information content (AvgIpc) is 2.38. The second-order valence-electron chi connectivity index (χ2n) is 4.63. The zero-order valence-corrected chi connectivity index (χ0v) is 13.2. The number of aryl methyl sites for hydroxylation is 1. The van der Waals surface area contributed by atoms with Gasteiger partial charge in [-0.15, -0.1) is 0 Å². The lowest BCUT2D eigenvalue weighted by molar-refractivity contribution is 0.190. The maximum absolute atomic E-state index is 9.75. The van der Waals surface area contributed by atoms with Crippen molar-refractivity contribution in [3.8, 4) is 5.75 Å². The lowest BCUT2D eigenvalue weighted by atomic mass is 10.1. The molecule has 0 saturated heterocycles. The molecular formula is C16H17IO2. The van der Waals surface area contributed by atoms with E-state index in [1.165, 1.54) is 3.57 Å². The van der Waals surface area contributed by atoms with Gasteiger partial charge in [-0.2, -0.15) is 0 Å². The van der Waals surface area contributed by atoms with E-state index in [2.05, 4.69) is 46.9 Å². The topological polar surface area (TPSA) is 29.5 Å². The van der Waals surface area contributed by atoms with Crippen molar-refractivity contribution in [1.29, 1.82) is 0 Å². The van der Waals surface area contributed by atoms with E-state index in [-0.39, 0.29) is 0 Å². The molecule has 1 N–H and O–H groups in total. The summed E-state index contributed by atoms with van der Waals surface area (Å²) in [5, 5.41) is 9.75. The third-order valence-electron chi connectivity index (χ3n) is 2.93. The van der Waals surface area contributed by atoms with Crippen molar-refractivity contribution < 1.29 is 9.84 Å². The van der Waals surface area contributed by atoms with E-state index in [0.29, 0.717) is 6.61 Å².